The first-order valence-corrected chi connectivity index (χ1v) is 6.47. The summed E-state index contributed by atoms with van der Waals surface area (Å²) in [5.74, 6) is -1.96. The Balaban J connectivity index is 2.02. The largest absolute Gasteiger partial charge is 0.369 e. The van der Waals surface area contributed by atoms with Gasteiger partial charge in [0.1, 0.15) is 0 Å². The zero-order chi connectivity index (χ0) is 14.0. The monoisotopic (exact) mass is 268 g/mol. The van der Waals surface area contributed by atoms with Gasteiger partial charge in [0.05, 0.1) is 0 Å². The first kappa shape index (κ1) is 13.9. The van der Waals surface area contributed by atoms with E-state index in [1.54, 1.807) is 6.07 Å². The van der Waals surface area contributed by atoms with Crippen molar-refractivity contribution in [1.82, 2.24) is 4.90 Å². The first-order valence-electron chi connectivity index (χ1n) is 6.47. The minimum Gasteiger partial charge on any atom is -0.369 e. The molecule has 19 heavy (non-hydrogen) atoms. The number of benzene rings is 1. The fourth-order valence-corrected chi connectivity index (χ4v) is 2.55. The van der Waals surface area contributed by atoms with Crippen LogP contribution in [0.5, 0.6) is 0 Å². The number of carbonyl (C=O) groups excluding carboxylic acids is 1. The molecule has 0 aliphatic carbocycles. The van der Waals surface area contributed by atoms with Crippen LogP contribution in [0.25, 0.3) is 0 Å². The van der Waals surface area contributed by atoms with Gasteiger partial charge < -0.3 is 5.73 Å². The van der Waals surface area contributed by atoms with Crippen LogP contribution >= 0.6 is 0 Å². The Hall–Kier alpha value is -1.49. The minimum atomic E-state index is -0.830. The van der Waals surface area contributed by atoms with E-state index < -0.39 is 11.6 Å². The maximum atomic E-state index is 13.2. The van der Waals surface area contributed by atoms with Crippen LogP contribution in [-0.4, -0.2) is 23.9 Å². The van der Waals surface area contributed by atoms with Crippen LogP contribution in [0.2, 0.25) is 0 Å². The van der Waals surface area contributed by atoms with E-state index in [0.717, 1.165) is 37.6 Å². The summed E-state index contributed by atoms with van der Waals surface area (Å²) in [6.45, 7) is 3.44. The van der Waals surface area contributed by atoms with Gasteiger partial charge in [0.15, 0.2) is 11.6 Å². The summed E-state index contributed by atoms with van der Waals surface area (Å²) in [7, 11) is 0. The third-order valence-electron chi connectivity index (χ3n) is 3.91. The highest BCUT2D eigenvalue weighted by atomic mass is 19.2. The lowest BCUT2D eigenvalue weighted by atomic mass is 9.94. The number of nitrogens with zero attached hydrogens (tertiary/aromatic N) is 1. The Kier molecular flexibility index (Phi) is 4.14. The van der Waals surface area contributed by atoms with E-state index in [-0.39, 0.29) is 17.9 Å². The van der Waals surface area contributed by atoms with Gasteiger partial charge in [0, 0.05) is 12.0 Å². The molecule has 0 saturated carbocycles. The van der Waals surface area contributed by atoms with E-state index in [0.29, 0.717) is 0 Å². The number of nitrogens with two attached hydrogens (primary N) is 1. The Morgan fingerprint density at radius 3 is 2.47 bits per heavy atom. The summed E-state index contributed by atoms with van der Waals surface area (Å²) in [6.07, 6.45) is 1.45. The number of hydrogen-bond acceptors (Lipinski definition) is 2. The van der Waals surface area contributed by atoms with Crippen molar-refractivity contribution in [2.45, 2.75) is 25.8 Å². The molecule has 0 bridgehead atoms. The van der Waals surface area contributed by atoms with Crippen molar-refractivity contribution in [3.63, 3.8) is 0 Å². The normalized spacial score (nSPS) is 19.3. The number of hydrogen-bond donors (Lipinski definition) is 1. The van der Waals surface area contributed by atoms with E-state index >= 15 is 0 Å². The quantitative estimate of drug-likeness (QED) is 0.913. The second-order valence-corrected chi connectivity index (χ2v) is 5.06. The van der Waals surface area contributed by atoms with Crippen LogP contribution in [0, 0.1) is 17.6 Å². The van der Waals surface area contributed by atoms with Gasteiger partial charge >= 0.3 is 0 Å². The fraction of sp³-hybridized carbons (Fsp3) is 0.500. The molecule has 2 N–H and O–H groups in total. The molecule has 1 fully saturated rings. The number of likely N-dealkylation sites (tertiary alicyclic amines) is 1. The lowest BCUT2D eigenvalue weighted by molar-refractivity contribution is -0.123. The molecule has 3 nitrogen and oxygen atoms in total. The summed E-state index contributed by atoms with van der Waals surface area (Å²) in [5, 5.41) is 0. The van der Waals surface area contributed by atoms with Gasteiger partial charge in [0.25, 0.3) is 0 Å². The summed E-state index contributed by atoms with van der Waals surface area (Å²) in [6, 6.07) is 3.99. The summed E-state index contributed by atoms with van der Waals surface area (Å²) < 4.78 is 26.1. The number of rotatable bonds is 3. The summed E-state index contributed by atoms with van der Waals surface area (Å²) >= 11 is 0. The molecule has 1 amide bonds. The average molecular weight is 268 g/mol. The van der Waals surface area contributed by atoms with Crippen LogP contribution in [0.15, 0.2) is 18.2 Å². The molecule has 2 rings (SSSR count). The maximum Gasteiger partial charge on any atom is 0.220 e. The zero-order valence-electron chi connectivity index (χ0n) is 10.9. The van der Waals surface area contributed by atoms with Crippen molar-refractivity contribution in [3.8, 4) is 0 Å². The zero-order valence-corrected chi connectivity index (χ0v) is 10.9. The molecule has 1 aliphatic rings. The highest BCUT2D eigenvalue weighted by molar-refractivity contribution is 5.76. The third kappa shape index (κ3) is 3.10. The molecule has 1 aromatic rings. The van der Waals surface area contributed by atoms with Crippen molar-refractivity contribution >= 4 is 5.91 Å². The van der Waals surface area contributed by atoms with E-state index in [9.17, 15) is 13.6 Å². The summed E-state index contributed by atoms with van der Waals surface area (Å²) in [4.78, 5) is 13.3. The molecule has 0 spiro atoms. The van der Waals surface area contributed by atoms with Crippen LogP contribution in [-0.2, 0) is 4.79 Å². The van der Waals surface area contributed by atoms with Crippen LogP contribution in [0.4, 0.5) is 8.78 Å². The van der Waals surface area contributed by atoms with Gasteiger partial charge in [-0.25, -0.2) is 8.78 Å². The molecule has 1 saturated heterocycles. The Labute approximate surface area is 111 Å². The molecular weight excluding hydrogens is 250 g/mol. The third-order valence-corrected chi connectivity index (χ3v) is 3.91. The molecular formula is C14H18F2N2O. The predicted octanol–water partition coefficient (Wildman–Crippen LogP) is 2.22. The minimum absolute atomic E-state index is 0.00364. The molecule has 5 heteroatoms. The fourth-order valence-electron chi connectivity index (χ4n) is 2.55. The highest BCUT2D eigenvalue weighted by Gasteiger charge is 2.26. The Morgan fingerprint density at radius 2 is 1.95 bits per heavy atom. The summed E-state index contributed by atoms with van der Waals surface area (Å²) in [5.41, 5.74) is 6.03. The molecule has 1 atom stereocenters. The molecule has 1 aromatic carbocycles. The van der Waals surface area contributed by atoms with Gasteiger partial charge in [-0.2, -0.15) is 0 Å². The predicted molar refractivity (Wildman–Crippen MR) is 68.3 cm³/mol. The van der Waals surface area contributed by atoms with Crippen molar-refractivity contribution in [1.29, 1.82) is 0 Å². The molecule has 0 unspecified atom stereocenters. The van der Waals surface area contributed by atoms with E-state index in [2.05, 4.69) is 4.90 Å². The first-order chi connectivity index (χ1) is 8.99. The Morgan fingerprint density at radius 1 is 1.32 bits per heavy atom. The van der Waals surface area contributed by atoms with E-state index in [4.69, 9.17) is 5.73 Å². The molecule has 0 radical (unpaired) electrons. The number of piperidine rings is 1. The second kappa shape index (κ2) is 5.65. The number of carbonyl (C=O) groups is 1. The standard InChI is InChI=1S/C14H18F2N2O/c1-9(11-2-3-12(15)13(16)8-11)18-6-4-10(5-7-18)14(17)19/h2-3,8-10H,4-7H2,1H3,(H2,17,19)/t9-/m0/s1. The van der Waals surface area contributed by atoms with Crippen molar-refractivity contribution in [3.05, 3.63) is 35.4 Å². The van der Waals surface area contributed by atoms with Gasteiger partial charge in [-0.05, 0) is 50.6 Å². The van der Waals surface area contributed by atoms with Crippen molar-refractivity contribution < 1.29 is 13.6 Å². The SMILES string of the molecule is C[C@@H](c1ccc(F)c(F)c1)N1CCC(C(N)=O)CC1. The molecule has 1 aliphatic heterocycles. The van der Waals surface area contributed by atoms with Crippen LogP contribution < -0.4 is 5.73 Å². The maximum absolute atomic E-state index is 13.2. The van der Waals surface area contributed by atoms with Crippen molar-refractivity contribution in [2.75, 3.05) is 13.1 Å². The lowest BCUT2D eigenvalue weighted by Gasteiger charge is -2.35. The lowest BCUT2D eigenvalue weighted by Crippen LogP contribution is -2.39. The number of amides is 1. The number of halogens is 2. The van der Waals surface area contributed by atoms with Crippen LogP contribution in [0.1, 0.15) is 31.4 Å². The van der Waals surface area contributed by atoms with Crippen molar-refractivity contribution in [2.24, 2.45) is 11.7 Å². The van der Waals surface area contributed by atoms with Gasteiger partial charge in [0.2, 0.25) is 5.91 Å². The topological polar surface area (TPSA) is 46.3 Å². The van der Waals surface area contributed by atoms with Gasteiger partial charge in [-0.1, -0.05) is 6.07 Å². The number of primary amides is 1. The molecule has 104 valence electrons. The van der Waals surface area contributed by atoms with Crippen LogP contribution in [0.3, 0.4) is 0 Å². The van der Waals surface area contributed by atoms with Gasteiger partial charge in [-0.15, -0.1) is 0 Å². The van der Waals surface area contributed by atoms with E-state index in [1.807, 2.05) is 6.92 Å². The Bertz CT molecular complexity index is 471. The van der Waals surface area contributed by atoms with E-state index in [1.165, 1.54) is 6.07 Å². The molecule has 0 aromatic heterocycles. The highest BCUT2D eigenvalue weighted by Crippen LogP contribution is 2.27. The van der Waals surface area contributed by atoms with Gasteiger partial charge in [-0.3, -0.25) is 9.69 Å². The second-order valence-electron chi connectivity index (χ2n) is 5.06. The molecule has 1 heterocycles. The average Bonchev–Trinajstić information content (AvgIpc) is 2.41. The smallest absolute Gasteiger partial charge is 0.220 e.